The van der Waals surface area contributed by atoms with Gasteiger partial charge in [-0.05, 0) is 0 Å². The summed E-state index contributed by atoms with van der Waals surface area (Å²) < 4.78 is 0.111. The van der Waals surface area contributed by atoms with Crippen molar-refractivity contribution in [2.24, 2.45) is 0 Å². The van der Waals surface area contributed by atoms with E-state index in [-0.39, 0.29) is 4.49 Å². The Morgan fingerprint density at radius 3 is 1.17 bits per heavy atom. The van der Waals surface area contributed by atoms with Gasteiger partial charge in [-0.2, -0.15) is 0 Å². The van der Waals surface area contributed by atoms with Crippen LogP contribution in [-0.4, -0.2) is 0 Å². The van der Waals surface area contributed by atoms with Crippen LogP contribution in [0.3, 0.4) is 0 Å². The zero-order valence-electron chi connectivity index (χ0n) is 12.2. The molecule has 0 aromatic carbocycles. The Morgan fingerprint density at radius 2 is 1.00 bits per heavy atom. The molecule has 0 heterocycles. The zero-order chi connectivity index (χ0) is 14.6. The van der Waals surface area contributed by atoms with Gasteiger partial charge in [0.2, 0.25) is 0 Å². The van der Waals surface area contributed by atoms with Crippen LogP contribution in [0.25, 0.3) is 0 Å². The molecule has 2 heteroatoms. The van der Waals surface area contributed by atoms with Crippen LogP contribution in [0.15, 0.2) is 36.4 Å². The molecule has 0 rings (SSSR count). The van der Waals surface area contributed by atoms with Gasteiger partial charge in [0.15, 0.2) is 0 Å². The van der Waals surface area contributed by atoms with Gasteiger partial charge in [0.25, 0.3) is 0 Å². The normalized spacial score (nSPS) is 8.22. The van der Waals surface area contributed by atoms with Gasteiger partial charge in [-0.3, -0.25) is 0 Å². The van der Waals surface area contributed by atoms with E-state index in [0.717, 1.165) is 0 Å². The standard InChI is InChI=1S/C10H22.C4H6.C2H2Cl2/c1-3-5-7-9-10-8-6-4-2;1-3-4-2;1-2(3)4/h3-10H2,1-2H3;3-4H,1-2H2;1H2. The summed E-state index contributed by atoms with van der Waals surface area (Å²) in [5.74, 6) is 0. The van der Waals surface area contributed by atoms with Crippen LogP contribution < -0.4 is 0 Å². The maximum Gasteiger partial charge on any atom is 0.0992 e. The molecule has 0 unspecified atom stereocenters. The third-order valence-electron chi connectivity index (χ3n) is 2.12. The van der Waals surface area contributed by atoms with Crippen molar-refractivity contribution in [3.8, 4) is 0 Å². The first-order valence-electron chi connectivity index (χ1n) is 6.80. The van der Waals surface area contributed by atoms with Crippen molar-refractivity contribution < 1.29 is 0 Å². The molecule has 0 aliphatic heterocycles. The minimum atomic E-state index is 0.111. The first-order valence-corrected chi connectivity index (χ1v) is 7.55. The highest BCUT2D eigenvalue weighted by atomic mass is 35.5. The van der Waals surface area contributed by atoms with E-state index >= 15 is 0 Å². The molecule has 0 fully saturated rings. The fourth-order valence-corrected chi connectivity index (χ4v) is 1.21. The summed E-state index contributed by atoms with van der Waals surface area (Å²) in [6.07, 6.45) is 14.7. The van der Waals surface area contributed by atoms with Gasteiger partial charge < -0.3 is 0 Å². The number of unbranched alkanes of at least 4 members (excludes halogenated alkanes) is 7. The maximum atomic E-state index is 4.85. The topological polar surface area (TPSA) is 0 Å². The van der Waals surface area contributed by atoms with Crippen LogP contribution in [0, 0.1) is 0 Å². The van der Waals surface area contributed by atoms with E-state index in [0.29, 0.717) is 0 Å². The van der Waals surface area contributed by atoms with Crippen molar-refractivity contribution in [1.29, 1.82) is 0 Å². The highest BCUT2D eigenvalue weighted by Crippen LogP contribution is 2.07. The zero-order valence-corrected chi connectivity index (χ0v) is 13.7. The molecule has 108 valence electrons. The molecule has 0 atom stereocenters. The van der Waals surface area contributed by atoms with Gasteiger partial charge in [0, 0.05) is 0 Å². The lowest BCUT2D eigenvalue weighted by Gasteiger charge is -1.97. The van der Waals surface area contributed by atoms with Gasteiger partial charge in [-0.1, -0.05) is 120 Å². The van der Waals surface area contributed by atoms with Crippen LogP contribution >= 0.6 is 23.2 Å². The number of rotatable bonds is 8. The first-order chi connectivity index (χ1) is 8.56. The number of hydrogen-bond donors (Lipinski definition) is 0. The van der Waals surface area contributed by atoms with E-state index in [1.165, 1.54) is 51.4 Å². The Hall–Kier alpha value is -0.200. The second kappa shape index (κ2) is 25.6. The lowest BCUT2D eigenvalue weighted by molar-refractivity contribution is 0.585. The van der Waals surface area contributed by atoms with Crippen molar-refractivity contribution in [2.45, 2.75) is 65.2 Å². The summed E-state index contributed by atoms with van der Waals surface area (Å²) in [6.45, 7) is 14.3. The van der Waals surface area contributed by atoms with E-state index in [2.05, 4.69) is 33.6 Å². The molecule has 0 aromatic heterocycles. The third-order valence-corrected chi connectivity index (χ3v) is 2.12. The van der Waals surface area contributed by atoms with Gasteiger partial charge in [0.1, 0.15) is 0 Å². The predicted molar refractivity (Wildman–Crippen MR) is 89.5 cm³/mol. The Morgan fingerprint density at radius 1 is 0.778 bits per heavy atom. The van der Waals surface area contributed by atoms with Gasteiger partial charge in [-0.15, -0.1) is 0 Å². The molecule has 0 aliphatic carbocycles. The Balaban J connectivity index is -0.000000233. The Kier molecular flexibility index (Phi) is 32.6. The number of halogens is 2. The summed E-state index contributed by atoms with van der Waals surface area (Å²) in [4.78, 5) is 0. The van der Waals surface area contributed by atoms with Gasteiger partial charge in [0.05, 0.1) is 4.49 Å². The molecular formula is C16H30Cl2. The summed E-state index contributed by atoms with van der Waals surface area (Å²) in [6, 6.07) is 0. The van der Waals surface area contributed by atoms with Gasteiger partial charge in [-0.25, -0.2) is 0 Å². The van der Waals surface area contributed by atoms with Crippen molar-refractivity contribution in [2.75, 3.05) is 0 Å². The highest BCUT2D eigenvalue weighted by Gasteiger charge is 1.87. The van der Waals surface area contributed by atoms with E-state index in [4.69, 9.17) is 23.2 Å². The smallest absolute Gasteiger partial charge is 0.0991 e. The summed E-state index contributed by atoms with van der Waals surface area (Å²) in [5, 5.41) is 0. The first kappa shape index (κ1) is 22.9. The molecule has 0 aromatic rings. The van der Waals surface area contributed by atoms with Crippen molar-refractivity contribution in [1.82, 2.24) is 0 Å². The van der Waals surface area contributed by atoms with Crippen LogP contribution in [0.2, 0.25) is 0 Å². The second-order valence-electron chi connectivity index (χ2n) is 3.93. The molecule has 0 aliphatic rings. The van der Waals surface area contributed by atoms with Crippen LogP contribution in [0.4, 0.5) is 0 Å². The lowest BCUT2D eigenvalue weighted by atomic mass is 10.1. The summed E-state index contributed by atoms with van der Waals surface area (Å²) in [5.41, 5.74) is 0. The monoisotopic (exact) mass is 292 g/mol. The Labute approximate surface area is 125 Å². The van der Waals surface area contributed by atoms with Crippen molar-refractivity contribution >= 4 is 23.2 Å². The maximum absolute atomic E-state index is 4.85. The Bertz CT molecular complexity index is 156. The molecule has 0 spiro atoms. The van der Waals surface area contributed by atoms with Crippen LogP contribution in [0.5, 0.6) is 0 Å². The van der Waals surface area contributed by atoms with Crippen LogP contribution in [0.1, 0.15) is 65.2 Å². The quantitative estimate of drug-likeness (QED) is 0.322. The average Bonchev–Trinajstić information content (AvgIpc) is 2.33. The fourth-order valence-electron chi connectivity index (χ4n) is 1.21. The molecular weight excluding hydrogens is 263 g/mol. The second-order valence-corrected chi connectivity index (χ2v) is 5.04. The minimum absolute atomic E-state index is 0.111. The minimum Gasteiger partial charge on any atom is -0.0991 e. The van der Waals surface area contributed by atoms with Crippen LogP contribution in [-0.2, 0) is 0 Å². The number of allylic oxidation sites excluding steroid dienone is 2. The number of hydrogen-bond acceptors (Lipinski definition) is 0. The molecule has 0 amide bonds. The summed E-state index contributed by atoms with van der Waals surface area (Å²) in [7, 11) is 0. The largest absolute Gasteiger partial charge is 0.0992 e. The molecule has 0 bridgehead atoms. The molecule has 0 saturated heterocycles. The SMILES string of the molecule is C=C(Cl)Cl.C=CC=C.CCCCCCCCCC. The molecule has 18 heavy (non-hydrogen) atoms. The van der Waals surface area contributed by atoms with E-state index < -0.39 is 0 Å². The average molecular weight is 293 g/mol. The van der Waals surface area contributed by atoms with E-state index in [1.807, 2.05) is 0 Å². The molecule has 0 nitrogen and oxygen atoms in total. The molecule has 0 N–H and O–H groups in total. The third kappa shape index (κ3) is 56.9. The van der Waals surface area contributed by atoms with Crippen molar-refractivity contribution in [3.05, 3.63) is 36.4 Å². The van der Waals surface area contributed by atoms with Gasteiger partial charge >= 0.3 is 0 Å². The molecule has 0 radical (unpaired) electrons. The molecule has 0 saturated carbocycles. The summed E-state index contributed by atoms with van der Waals surface area (Å²) >= 11 is 9.69. The van der Waals surface area contributed by atoms with E-state index in [1.54, 1.807) is 12.2 Å². The fraction of sp³-hybridized carbons (Fsp3) is 0.625. The highest BCUT2D eigenvalue weighted by molar-refractivity contribution is 6.55. The lowest BCUT2D eigenvalue weighted by Crippen LogP contribution is -1.77. The predicted octanol–water partition coefficient (Wildman–Crippen LogP) is 7.44. The van der Waals surface area contributed by atoms with E-state index in [9.17, 15) is 0 Å². The van der Waals surface area contributed by atoms with Crippen molar-refractivity contribution in [3.63, 3.8) is 0 Å².